The van der Waals surface area contributed by atoms with E-state index in [4.69, 9.17) is 0 Å². The Morgan fingerprint density at radius 3 is 1.97 bits per heavy atom. The fraction of sp³-hybridized carbons (Fsp3) is 0.226. The van der Waals surface area contributed by atoms with E-state index in [-0.39, 0.29) is 10.8 Å². The second-order valence-electron chi connectivity index (χ2n) is 9.79. The smallest absolute Gasteiger partial charge is 0.0575 e. The number of allylic oxidation sites excluding steroid dienone is 5. The quantitative estimate of drug-likeness (QED) is 0.418. The van der Waals surface area contributed by atoms with Gasteiger partial charge < -0.3 is 0 Å². The summed E-state index contributed by atoms with van der Waals surface area (Å²) in [5.74, 6) is 0. The van der Waals surface area contributed by atoms with Gasteiger partial charge in [-0.05, 0) is 68.5 Å². The highest BCUT2D eigenvalue weighted by molar-refractivity contribution is 6.00. The van der Waals surface area contributed by atoms with Crippen LogP contribution in [0.4, 0.5) is 0 Å². The zero-order chi connectivity index (χ0) is 21.6. The van der Waals surface area contributed by atoms with Gasteiger partial charge in [0.2, 0.25) is 0 Å². The van der Waals surface area contributed by atoms with Crippen LogP contribution in [0.25, 0.3) is 11.6 Å². The molecule has 0 aliphatic heterocycles. The molecule has 0 fully saturated rings. The van der Waals surface area contributed by atoms with E-state index in [1.54, 1.807) is 0 Å². The maximum Gasteiger partial charge on any atom is 0.0575 e. The van der Waals surface area contributed by atoms with Gasteiger partial charge in [-0.1, -0.05) is 113 Å². The summed E-state index contributed by atoms with van der Waals surface area (Å²) in [4.78, 5) is 0. The molecule has 0 atom stereocenters. The highest BCUT2D eigenvalue weighted by atomic mass is 14.4. The molecule has 0 unspecified atom stereocenters. The average Bonchev–Trinajstić information content (AvgIpc) is 3.16. The lowest BCUT2D eigenvalue weighted by Gasteiger charge is -2.33. The third-order valence-corrected chi connectivity index (χ3v) is 6.81. The van der Waals surface area contributed by atoms with Crippen LogP contribution < -0.4 is 0 Å². The Morgan fingerprint density at radius 2 is 1.42 bits per heavy atom. The molecule has 0 spiro atoms. The van der Waals surface area contributed by atoms with Gasteiger partial charge in [0.25, 0.3) is 0 Å². The predicted octanol–water partition coefficient (Wildman–Crippen LogP) is 7.88. The van der Waals surface area contributed by atoms with Gasteiger partial charge in [0.1, 0.15) is 0 Å². The Balaban J connectivity index is 1.77. The summed E-state index contributed by atoms with van der Waals surface area (Å²) in [7, 11) is 0. The molecule has 0 aromatic heterocycles. The molecule has 0 saturated carbocycles. The molecule has 5 rings (SSSR count). The van der Waals surface area contributed by atoms with E-state index in [0.29, 0.717) is 0 Å². The second-order valence-corrected chi connectivity index (χ2v) is 9.79. The minimum atomic E-state index is -0.263. The fourth-order valence-electron chi connectivity index (χ4n) is 4.97. The number of benzene rings is 3. The molecule has 0 heteroatoms. The van der Waals surface area contributed by atoms with Crippen LogP contribution in [0.3, 0.4) is 0 Å². The summed E-state index contributed by atoms with van der Waals surface area (Å²) in [6.45, 7) is 9.20. The van der Waals surface area contributed by atoms with Crippen LogP contribution in [0.1, 0.15) is 61.1 Å². The first-order valence-electron chi connectivity index (χ1n) is 11.4. The van der Waals surface area contributed by atoms with Gasteiger partial charge in [-0.25, -0.2) is 0 Å². The first-order chi connectivity index (χ1) is 14.9. The highest BCUT2D eigenvalue weighted by Gasteiger charge is 2.35. The van der Waals surface area contributed by atoms with Gasteiger partial charge in [-0.15, -0.1) is 0 Å². The van der Waals surface area contributed by atoms with Gasteiger partial charge in [-0.3, -0.25) is 0 Å². The maximum atomic E-state index is 2.50. The Bertz CT molecular complexity index is 1170. The lowest BCUT2D eigenvalue weighted by Crippen LogP contribution is -2.25. The van der Waals surface area contributed by atoms with E-state index in [9.17, 15) is 0 Å². The first-order valence-corrected chi connectivity index (χ1v) is 11.4. The Morgan fingerprint density at radius 1 is 0.806 bits per heavy atom. The number of hydrogen-bond acceptors (Lipinski definition) is 0. The minimum absolute atomic E-state index is 0.128. The Kier molecular flexibility index (Phi) is 4.63. The second kappa shape index (κ2) is 7.24. The topological polar surface area (TPSA) is 0 Å². The number of fused-ring (bicyclic) bond motifs is 3. The summed E-state index contributed by atoms with van der Waals surface area (Å²) in [6, 6.07) is 26.6. The van der Waals surface area contributed by atoms with Crippen LogP contribution in [-0.2, 0) is 17.3 Å². The van der Waals surface area contributed by atoms with Crippen LogP contribution in [0, 0.1) is 0 Å². The van der Waals surface area contributed by atoms with Gasteiger partial charge in [-0.2, -0.15) is 0 Å². The van der Waals surface area contributed by atoms with Crippen LogP contribution in [0.2, 0.25) is 0 Å². The van der Waals surface area contributed by atoms with Crippen molar-refractivity contribution in [2.45, 2.75) is 44.9 Å². The third kappa shape index (κ3) is 3.22. The SMILES string of the molecule is CCc1cc(C(C)(C)C)cc2c1C=C1C=CC(c3ccccc3)(c3ccccc3)C=C12. The number of hydrogen-bond donors (Lipinski definition) is 0. The molecular formula is C31H30. The molecule has 0 saturated heterocycles. The predicted molar refractivity (Wildman–Crippen MR) is 133 cm³/mol. The molecule has 31 heavy (non-hydrogen) atoms. The maximum absolute atomic E-state index is 2.50. The molecule has 0 radical (unpaired) electrons. The van der Waals surface area contributed by atoms with Crippen molar-refractivity contribution < 1.29 is 0 Å². The highest BCUT2D eigenvalue weighted by Crippen LogP contribution is 2.48. The summed E-state index contributed by atoms with van der Waals surface area (Å²) in [5.41, 5.74) is 10.8. The molecule has 2 aliphatic carbocycles. The zero-order valence-corrected chi connectivity index (χ0v) is 18.9. The lowest BCUT2D eigenvalue weighted by atomic mass is 9.69. The van der Waals surface area contributed by atoms with E-state index in [1.165, 1.54) is 44.5 Å². The van der Waals surface area contributed by atoms with Crippen LogP contribution in [0.5, 0.6) is 0 Å². The molecule has 0 N–H and O–H groups in total. The molecule has 0 heterocycles. The molecule has 2 aliphatic rings. The summed E-state index contributed by atoms with van der Waals surface area (Å²) < 4.78 is 0. The molecule has 0 nitrogen and oxygen atoms in total. The molecule has 3 aromatic carbocycles. The lowest BCUT2D eigenvalue weighted by molar-refractivity contribution is 0.589. The van der Waals surface area contributed by atoms with Crippen molar-refractivity contribution in [3.8, 4) is 0 Å². The normalized spacial score (nSPS) is 16.4. The van der Waals surface area contributed by atoms with Crippen molar-refractivity contribution in [1.29, 1.82) is 0 Å². The van der Waals surface area contributed by atoms with Crippen molar-refractivity contribution in [2.24, 2.45) is 0 Å². The van der Waals surface area contributed by atoms with Gasteiger partial charge in [0, 0.05) is 0 Å². The third-order valence-electron chi connectivity index (χ3n) is 6.81. The van der Waals surface area contributed by atoms with Crippen LogP contribution in [-0.4, -0.2) is 0 Å². The fourth-order valence-corrected chi connectivity index (χ4v) is 4.97. The van der Waals surface area contributed by atoms with E-state index < -0.39 is 0 Å². The Hall–Kier alpha value is -3.12. The summed E-state index contributed by atoms with van der Waals surface area (Å²) in [5, 5.41) is 0. The van der Waals surface area contributed by atoms with Crippen molar-refractivity contribution in [3.63, 3.8) is 0 Å². The van der Waals surface area contributed by atoms with E-state index in [2.05, 4.69) is 125 Å². The first kappa shape index (κ1) is 19.8. The largest absolute Gasteiger partial charge is 0.0652 e. The zero-order valence-electron chi connectivity index (χ0n) is 18.9. The molecule has 154 valence electrons. The summed E-state index contributed by atoms with van der Waals surface area (Å²) in [6.07, 6.45) is 10.7. The standard InChI is InChI=1S/C31H30/c1-5-22-18-26(30(2,3)4)20-28-27(22)19-23-16-17-31(21-29(23)28,24-12-8-6-9-13-24)25-14-10-7-11-15-25/h6-21H,5H2,1-4H3. The molecule has 3 aromatic rings. The number of rotatable bonds is 3. The van der Waals surface area contributed by atoms with Crippen molar-refractivity contribution in [3.05, 3.63) is 130 Å². The molecule has 0 bridgehead atoms. The van der Waals surface area contributed by atoms with Crippen LogP contribution in [0.15, 0.2) is 96.6 Å². The monoisotopic (exact) mass is 402 g/mol. The van der Waals surface area contributed by atoms with E-state index in [1.807, 2.05) is 0 Å². The average molecular weight is 403 g/mol. The van der Waals surface area contributed by atoms with Gasteiger partial charge in [0.15, 0.2) is 0 Å². The van der Waals surface area contributed by atoms with Gasteiger partial charge in [0.05, 0.1) is 5.41 Å². The van der Waals surface area contributed by atoms with Gasteiger partial charge >= 0.3 is 0 Å². The van der Waals surface area contributed by atoms with Crippen molar-refractivity contribution in [1.82, 2.24) is 0 Å². The van der Waals surface area contributed by atoms with Crippen molar-refractivity contribution >= 4 is 11.6 Å². The minimum Gasteiger partial charge on any atom is -0.0652 e. The van der Waals surface area contributed by atoms with Crippen LogP contribution >= 0.6 is 0 Å². The molecular weight excluding hydrogens is 372 g/mol. The Labute approximate surface area is 186 Å². The molecule has 0 amide bonds. The summed E-state index contributed by atoms with van der Waals surface area (Å²) >= 11 is 0. The number of aryl methyl sites for hydroxylation is 1. The van der Waals surface area contributed by atoms with Crippen molar-refractivity contribution in [2.75, 3.05) is 0 Å². The van der Waals surface area contributed by atoms with E-state index >= 15 is 0 Å². The van der Waals surface area contributed by atoms with E-state index in [0.717, 1.165) is 6.42 Å².